The minimum absolute atomic E-state index is 0.179. The van der Waals surface area contributed by atoms with Crippen LogP contribution in [0.3, 0.4) is 0 Å². The lowest BCUT2D eigenvalue weighted by Gasteiger charge is -2.31. The molecule has 0 aromatic heterocycles. The van der Waals surface area contributed by atoms with Gasteiger partial charge in [-0.15, -0.1) is 0 Å². The van der Waals surface area contributed by atoms with Crippen LogP contribution in [0.1, 0.15) is 44.6 Å². The minimum Gasteiger partial charge on any atom is -0.314 e. The zero-order chi connectivity index (χ0) is 13.7. The molecule has 0 amide bonds. The first-order valence-electron chi connectivity index (χ1n) is 7.38. The van der Waals surface area contributed by atoms with Crippen molar-refractivity contribution in [3.05, 3.63) is 34.1 Å². The highest BCUT2D eigenvalue weighted by Crippen LogP contribution is 2.28. The first-order chi connectivity index (χ1) is 9.20. The Morgan fingerprint density at radius 3 is 2.68 bits per heavy atom. The maximum atomic E-state index is 13.3. The number of halogens is 2. The van der Waals surface area contributed by atoms with Crippen LogP contribution in [0.2, 0.25) is 0 Å². The van der Waals surface area contributed by atoms with E-state index in [2.05, 4.69) is 28.2 Å². The minimum atomic E-state index is -0.179. The van der Waals surface area contributed by atoms with Crippen LogP contribution in [0.4, 0.5) is 4.39 Å². The Hall–Kier alpha value is -0.410. The number of hydrogen-bond acceptors (Lipinski definition) is 1. The third-order valence-corrected chi connectivity index (χ3v) is 4.73. The van der Waals surface area contributed by atoms with Crippen molar-refractivity contribution >= 4 is 15.9 Å². The molecule has 1 nitrogen and oxygen atoms in total. The van der Waals surface area contributed by atoms with Crippen molar-refractivity contribution in [1.29, 1.82) is 0 Å². The number of benzene rings is 1. The first kappa shape index (κ1) is 15.0. The van der Waals surface area contributed by atoms with Gasteiger partial charge in [-0.05, 0) is 65.4 Å². The highest BCUT2D eigenvalue weighted by Gasteiger charge is 2.23. The lowest BCUT2D eigenvalue weighted by molar-refractivity contribution is 0.269. The normalized spacial score (nSPS) is 18.5. The van der Waals surface area contributed by atoms with Crippen molar-refractivity contribution in [3.63, 3.8) is 0 Å². The second-order valence-corrected chi connectivity index (χ2v) is 6.37. The van der Waals surface area contributed by atoms with Gasteiger partial charge in [0.05, 0.1) is 4.47 Å². The lowest BCUT2D eigenvalue weighted by atomic mass is 9.81. The highest BCUT2D eigenvalue weighted by molar-refractivity contribution is 9.10. The zero-order valence-corrected chi connectivity index (χ0v) is 13.2. The van der Waals surface area contributed by atoms with Gasteiger partial charge in [-0.25, -0.2) is 4.39 Å². The third-order valence-electron chi connectivity index (χ3n) is 4.12. The van der Waals surface area contributed by atoms with Crippen molar-refractivity contribution in [3.8, 4) is 0 Å². The summed E-state index contributed by atoms with van der Waals surface area (Å²) in [5, 5.41) is 3.63. The fourth-order valence-corrected chi connectivity index (χ4v) is 3.55. The molecule has 1 N–H and O–H groups in total. The average molecular weight is 328 g/mol. The summed E-state index contributed by atoms with van der Waals surface area (Å²) in [5.74, 6) is 0.596. The SMILES string of the molecule is CCNC(Cc1ccc(F)c(Br)c1)C1CCCCC1. The molecule has 3 heteroatoms. The van der Waals surface area contributed by atoms with Gasteiger partial charge in [0.1, 0.15) is 5.82 Å². The average Bonchev–Trinajstić information content (AvgIpc) is 2.43. The fourth-order valence-electron chi connectivity index (χ4n) is 3.12. The maximum Gasteiger partial charge on any atom is 0.137 e. The molecule has 1 aromatic rings. The van der Waals surface area contributed by atoms with E-state index in [4.69, 9.17) is 0 Å². The summed E-state index contributed by atoms with van der Waals surface area (Å²) in [5.41, 5.74) is 1.21. The molecule has 0 heterocycles. The first-order valence-corrected chi connectivity index (χ1v) is 8.17. The second kappa shape index (κ2) is 7.39. The summed E-state index contributed by atoms with van der Waals surface area (Å²) < 4.78 is 13.8. The second-order valence-electron chi connectivity index (χ2n) is 5.51. The Balaban J connectivity index is 2.04. The van der Waals surface area contributed by atoms with Crippen LogP contribution in [0, 0.1) is 11.7 Å². The van der Waals surface area contributed by atoms with Gasteiger partial charge in [0.15, 0.2) is 0 Å². The predicted molar refractivity (Wildman–Crippen MR) is 81.8 cm³/mol. The van der Waals surface area contributed by atoms with Crippen LogP contribution >= 0.6 is 15.9 Å². The van der Waals surface area contributed by atoms with E-state index in [9.17, 15) is 4.39 Å². The standard InChI is InChI=1S/C16H23BrFN/c1-2-19-16(13-6-4-3-5-7-13)11-12-8-9-15(18)14(17)10-12/h8-10,13,16,19H,2-7,11H2,1H3. The van der Waals surface area contributed by atoms with Crippen molar-refractivity contribution in [2.24, 2.45) is 5.92 Å². The van der Waals surface area contributed by atoms with Crippen molar-refractivity contribution < 1.29 is 4.39 Å². The molecule has 1 fully saturated rings. The largest absolute Gasteiger partial charge is 0.314 e. The summed E-state index contributed by atoms with van der Waals surface area (Å²) in [7, 11) is 0. The van der Waals surface area contributed by atoms with Gasteiger partial charge in [-0.1, -0.05) is 32.3 Å². The van der Waals surface area contributed by atoms with Crippen LogP contribution < -0.4 is 5.32 Å². The van der Waals surface area contributed by atoms with Crippen LogP contribution in [0.25, 0.3) is 0 Å². The molecule has 0 saturated heterocycles. The Kier molecular flexibility index (Phi) is 5.83. The molecule has 2 rings (SSSR count). The van der Waals surface area contributed by atoms with Crippen LogP contribution in [-0.4, -0.2) is 12.6 Å². The van der Waals surface area contributed by atoms with Crippen molar-refractivity contribution in [1.82, 2.24) is 5.32 Å². The van der Waals surface area contributed by atoms with E-state index in [0.717, 1.165) is 18.9 Å². The molecule has 1 aliphatic rings. The van der Waals surface area contributed by atoms with Gasteiger partial charge >= 0.3 is 0 Å². The van der Waals surface area contributed by atoms with Gasteiger partial charge in [0.2, 0.25) is 0 Å². The van der Waals surface area contributed by atoms with E-state index in [1.54, 1.807) is 6.07 Å². The molecule has 1 atom stereocenters. The van der Waals surface area contributed by atoms with E-state index in [-0.39, 0.29) is 5.82 Å². The van der Waals surface area contributed by atoms with Crippen LogP contribution in [0.15, 0.2) is 22.7 Å². The maximum absolute atomic E-state index is 13.3. The van der Waals surface area contributed by atoms with Gasteiger partial charge in [0, 0.05) is 6.04 Å². The van der Waals surface area contributed by atoms with Gasteiger partial charge in [0.25, 0.3) is 0 Å². The number of nitrogens with one attached hydrogen (secondary N) is 1. The van der Waals surface area contributed by atoms with E-state index < -0.39 is 0 Å². The Morgan fingerprint density at radius 2 is 2.05 bits per heavy atom. The molecule has 106 valence electrons. The summed E-state index contributed by atoms with van der Waals surface area (Å²) in [6.07, 6.45) is 7.77. The summed E-state index contributed by atoms with van der Waals surface area (Å²) in [4.78, 5) is 0. The zero-order valence-electron chi connectivity index (χ0n) is 11.6. The molecular formula is C16H23BrFN. The molecular weight excluding hydrogens is 305 g/mol. The predicted octanol–water partition coefficient (Wildman–Crippen LogP) is 4.69. The molecule has 1 unspecified atom stereocenters. The van der Waals surface area contributed by atoms with Gasteiger partial charge in [-0.2, -0.15) is 0 Å². The third kappa shape index (κ3) is 4.28. The molecule has 0 spiro atoms. The topological polar surface area (TPSA) is 12.0 Å². The number of rotatable bonds is 5. The molecule has 0 radical (unpaired) electrons. The van der Waals surface area contributed by atoms with E-state index in [1.165, 1.54) is 37.7 Å². The van der Waals surface area contributed by atoms with Crippen LogP contribution in [0.5, 0.6) is 0 Å². The van der Waals surface area contributed by atoms with Gasteiger partial charge < -0.3 is 5.32 Å². The quantitative estimate of drug-likeness (QED) is 0.827. The summed E-state index contributed by atoms with van der Waals surface area (Å²) in [6.45, 7) is 3.17. The van der Waals surface area contributed by atoms with Crippen LogP contribution in [-0.2, 0) is 6.42 Å². The van der Waals surface area contributed by atoms with E-state index >= 15 is 0 Å². The molecule has 19 heavy (non-hydrogen) atoms. The highest BCUT2D eigenvalue weighted by atomic mass is 79.9. The smallest absolute Gasteiger partial charge is 0.137 e. The summed E-state index contributed by atoms with van der Waals surface area (Å²) in [6, 6.07) is 5.92. The molecule has 1 aliphatic carbocycles. The van der Waals surface area contributed by atoms with E-state index in [0.29, 0.717) is 10.5 Å². The number of likely N-dealkylation sites (N-methyl/N-ethyl adjacent to an activating group) is 1. The summed E-state index contributed by atoms with van der Waals surface area (Å²) >= 11 is 3.28. The Labute approximate surface area is 124 Å². The molecule has 1 aromatic carbocycles. The Morgan fingerprint density at radius 1 is 1.32 bits per heavy atom. The Bertz CT molecular complexity index is 402. The van der Waals surface area contributed by atoms with E-state index in [1.807, 2.05) is 12.1 Å². The van der Waals surface area contributed by atoms with Gasteiger partial charge in [-0.3, -0.25) is 0 Å². The monoisotopic (exact) mass is 327 g/mol. The molecule has 1 saturated carbocycles. The fraction of sp³-hybridized carbons (Fsp3) is 0.625. The molecule has 0 aliphatic heterocycles. The van der Waals surface area contributed by atoms with Crippen molar-refractivity contribution in [2.45, 2.75) is 51.5 Å². The number of hydrogen-bond donors (Lipinski definition) is 1. The molecule has 0 bridgehead atoms. The van der Waals surface area contributed by atoms with Crippen molar-refractivity contribution in [2.75, 3.05) is 6.54 Å². The lowest BCUT2D eigenvalue weighted by Crippen LogP contribution is -2.39.